The van der Waals surface area contributed by atoms with Gasteiger partial charge in [-0.3, -0.25) is 10.2 Å². The summed E-state index contributed by atoms with van der Waals surface area (Å²) in [6.45, 7) is 5.97. The molecule has 0 aromatic heterocycles. The maximum absolute atomic E-state index is 11.4. The maximum atomic E-state index is 11.4. The van der Waals surface area contributed by atoms with E-state index in [1.54, 1.807) is 0 Å². The lowest BCUT2D eigenvalue weighted by molar-refractivity contribution is -0.118. The van der Waals surface area contributed by atoms with Crippen LogP contribution in [0.4, 0.5) is 11.4 Å². The molecule has 1 amide bonds. The number of fused-ring (bicyclic) bond motifs is 1. The zero-order valence-electron chi connectivity index (χ0n) is 14.8. The Morgan fingerprint density at radius 1 is 1.23 bits per heavy atom. The number of amides is 1. The van der Waals surface area contributed by atoms with Gasteiger partial charge in [0.1, 0.15) is 5.75 Å². The molecule has 0 spiro atoms. The van der Waals surface area contributed by atoms with Crippen molar-refractivity contribution < 1.29 is 9.53 Å². The fourth-order valence-corrected chi connectivity index (χ4v) is 2.77. The number of hydrazone groups is 1. The molecular weight excluding hydrogens is 348 g/mol. The Bertz CT molecular complexity index is 908. The lowest BCUT2D eigenvalue weighted by Crippen LogP contribution is -2.26. The van der Waals surface area contributed by atoms with Gasteiger partial charge in [-0.15, -0.1) is 0 Å². The summed E-state index contributed by atoms with van der Waals surface area (Å²) in [5, 5.41) is 10.6. The van der Waals surface area contributed by atoms with Gasteiger partial charge in [0.15, 0.2) is 11.7 Å². The Balaban J connectivity index is 1.67. The number of ether oxygens (including phenoxy) is 1. The molecule has 26 heavy (non-hydrogen) atoms. The molecule has 1 aliphatic rings. The molecule has 0 fully saturated rings. The van der Waals surface area contributed by atoms with Crippen LogP contribution in [0.15, 0.2) is 41.5 Å². The first-order valence-corrected chi connectivity index (χ1v) is 8.59. The van der Waals surface area contributed by atoms with Crippen LogP contribution in [-0.4, -0.2) is 23.3 Å². The van der Waals surface area contributed by atoms with Crippen LogP contribution in [0.2, 0.25) is 0 Å². The molecule has 0 unspecified atom stereocenters. The highest BCUT2D eigenvalue weighted by Crippen LogP contribution is 2.28. The molecule has 3 rings (SSSR count). The molecule has 2 aromatic rings. The predicted molar refractivity (Wildman–Crippen MR) is 108 cm³/mol. The largest absolute Gasteiger partial charge is 0.482 e. The fraction of sp³-hybridized carbons (Fsp3) is 0.211. The number of thiocarbonyl (C=S) groups is 1. The van der Waals surface area contributed by atoms with Crippen molar-refractivity contribution in [3.05, 3.63) is 53.1 Å². The Hall–Kier alpha value is -2.93. The van der Waals surface area contributed by atoms with Crippen LogP contribution in [0.3, 0.4) is 0 Å². The van der Waals surface area contributed by atoms with E-state index < -0.39 is 0 Å². The second-order valence-corrected chi connectivity index (χ2v) is 6.54. The molecule has 1 heterocycles. The molecule has 0 aliphatic carbocycles. The SMILES string of the molecule is C/C(=N/NC(=S)Nc1ccc(C)cc1C)c1ccc2c(c1)NC(=O)CO2. The summed E-state index contributed by atoms with van der Waals surface area (Å²) < 4.78 is 5.36. The molecular formula is C19H20N4O2S. The summed E-state index contributed by atoms with van der Waals surface area (Å²) >= 11 is 5.30. The predicted octanol–water partition coefficient (Wildman–Crippen LogP) is 3.34. The quantitative estimate of drug-likeness (QED) is 0.440. The number of nitrogens with zero attached hydrogens (tertiary/aromatic N) is 1. The highest BCUT2D eigenvalue weighted by Gasteiger charge is 2.16. The van der Waals surface area contributed by atoms with Gasteiger partial charge >= 0.3 is 0 Å². The average Bonchev–Trinajstić information content (AvgIpc) is 2.61. The van der Waals surface area contributed by atoms with Crippen molar-refractivity contribution in [1.82, 2.24) is 5.43 Å². The van der Waals surface area contributed by atoms with E-state index >= 15 is 0 Å². The number of hydrogen-bond donors (Lipinski definition) is 3. The topological polar surface area (TPSA) is 74.8 Å². The second kappa shape index (κ2) is 7.53. The summed E-state index contributed by atoms with van der Waals surface area (Å²) in [5.41, 5.74) is 8.33. The van der Waals surface area contributed by atoms with Crippen LogP contribution in [0.5, 0.6) is 5.75 Å². The first kappa shape index (κ1) is 17.9. The highest BCUT2D eigenvalue weighted by atomic mass is 32.1. The average molecular weight is 368 g/mol. The molecule has 2 aromatic carbocycles. The van der Waals surface area contributed by atoms with Crippen molar-refractivity contribution in [2.24, 2.45) is 5.10 Å². The summed E-state index contributed by atoms with van der Waals surface area (Å²) in [6.07, 6.45) is 0. The third kappa shape index (κ3) is 4.18. The molecule has 3 N–H and O–H groups in total. The van der Waals surface area contributed by atoms with Gasteiger partial charge in [-0.2, -0.15) is 5.10 Å². The van der Waals surface area contributed by atoms with Gasteiger partial charge < -0.3 is 15.4 Å². The smallest absolute Gasteiger partial charge is 0.262 e. The number of rotatable bonds is 3. The molecule has 0 saturated heterocycles. The van der Waals surface area contributed by atoms with Gasteiger partial charge in [0, 0.05) is 5.69 Å². The van der Waals surface area contributed by atoms with Crippen LogP contribution in [0.1, 0.15) is 23.6 Å². The van der Waals surface area contributed by atoms with Crippen molar-refractivity contribution in [1.29, 1.82) is 0 Å². The van der Waals surface area contributed by atoms with E-state index in [9.17, 15) is 4.79 Å². The normalized spacial score (nSPS) is 13.3. The van der Waals surface area contributed by atoms with Crippen LogP contribution in [0, 0.1) is 13.8 Å². The minimum absolute atomic E-state index is 0.0410. The fourth-order valence-electron chi connectivity index (χ4n) is 2.61. The first-order valence-electron chi connectivity index (χ1n) is 8.18. The van der Waals surface area contributed by atoms with Gasteiger partial charge in [0.2, 0.25) is 0 Å². The van der Waals surface area contributed by atoms with E-state index in [0.29, 0.717) is 16.5 Å². The first-order chi connectivity index (χ1) is 12.4. The zero-order chi connectivity index (χ0) is 18.7. The van der Waals surface area contributed by atoms with Gasteiger partial charge in [0.05, 0.1) is 11.4 Å². The standard InChI is InChI=1S/C19H20N4O2S/c1-11-4-6-15(12(2)8-11)21-19(26)23-22-13(3)14-5-7-17-16(9-14)20-18(24)10-25-17/h4-9H,10H2,1-3H3,(H,20,24)(H2,21,23,26)/b22-13-. The van der Waals surface area contributed by atoms with Gasteiger partial charge in [-0.05, 0) is 68.4 Å². The molecule has 6 nitrogen and oxygen atoms in total. The lowest BCUT2D eigenvalue weighted by Gasteiger charge is -2.18. The molecule has 0 saturated carbocycles. The van der Waals surface area contributed by atoms with E-state index in [2.05, 4.69) is 27.2 Å². The van der Waals surface area contributed by atoms with Crippen molar-refractivity contribution >= 4 is 40.3 Å². The molecule has 1 aliphatic heterocycles. The van der Waals surface area contributed by atoms with Crippen molar-refractivity contribution in [3.8, 4) is 5.75 Å². The molecule has 0 atom stereocenters. The number of carbonyl (C=O) groups is 1. The number of benzene rings is 2. The third-order valence-electron chi connectivity index (χ3n) is 3.99. The van der Waals surface area contributed by atoms with Crippen LogP contribution >= 0.6 is 12.2 Å². The Kier molecular flexibility index (Phi) is 5.18. The highest BCUT2D eigenvalue weighted by molar-refractivity contribution is 7.80. The molecule has 0 radical (unpaired) electrons. The third-order valence-corrected chi connectivity index (χ3v) is 4.18. The molecule has 134 valence electrons. The van der Waals surface area contributed by atoms with E-state index in [1.807, 2.05) is 51.1 Å². The Morgan fingerprint density at radius 2 is 2.04 bits per heavy atom. The Labute approximate surface area is 157 Å². The number of hydrogen-bond acceptors (Lipinski definition) is 4. The maximum Gasteiger partial charge on any atom is 0.262 e. The minimum Gasteiger partial charge on any atom is -0.482 e. The summed E-state index contributed by atoms with van der Waals surface area (Å²) in [6, 6.07) is 11.6. The van der Waals surface area contributed by atoms with Crippen molar-refractivity contribution in [2.45, 2.75) is 20.8 Å². The number of nitrogens with one attached hydrogen (secondary N) is 3. The zero-order valence-corrected chi connectivity index (χ0v) is 15.7. The summed E-state index contributed by atoms with van der Waals surface area (Å²) in [7, 11) is 0. The van der Waals surface area contributed by atoms with E-state index in [0.717, 1.165) is 22.5 Å². The van der Waals surface area contributed by atoms with Crippen LogP contribution < -0.4 is 20.8 Å². The van der Waals surface area contributed by atoms with Crippen molar-refractivity contribution in [3.63, 3.8) is 0 Å². The monoisotopic (exact) mass is 368 g/mol. The summed E-state index contributed by atoms with van der Waals surface area (Å²) in [4.78, 5) is 11.4. The van der Waals surface area contributed by atoms with Gasteiger partial charge in [-0.1, -0.05) is 17.7 Å². The number of carbonyl (C=O) groups excluding carboxylic acids is 1. The molecule has 0 bridgehead atoms. The van der Waals surface area contributed by atoms with Gasteiger partial charge in [-0.25, -0.2) is 0 Å². The van der Waals surface area contributed by atoms with Crippen LogP contribution in [-0.2, 0) is 4.79 Å². The van der Waals surface area contributed by atoms with E-state index in [-0.39, 0.29) is 12.5 Å². The number of aryl methyl sites for hydroxylation is 2. The van der Waals surface area contributed by atoms with Crippen LogP contribution in [0.25, 0.3) is 0 Å². The van der Waals surface area contributed by atoms with E-state index in [1.165, 1.54) is 5.56 Å². The van der Waals surface area contributed by atoms with Crippen molar-refractivity contribution in [2.75, 3.05) is 17.2 Å². The summed E-state index contributed by atoms with van der Waals surface area (Å²) in [5.74, 6) is 0.488. The number of anilines is 2. The second-order valence-electron chi connectivity index (χ2n) is 6.13. The Morgan fingerprint density at radius 3 is 2.81 bits per heavy atom. The minimum atomic E-state index is -0.166. The lowest BCUT2D eigenvalue weighted by atomic mass is 10.1. The molecule has 7 heteroatoms. The van der Waals surface area contributed by atoms with Gasteiger partial charge in [0.25, 0.3) is 5.91 Å². The van der Waals surface area contributed by atoms with E-state index in [4.69, 9.17) is 17.0 Å².